The molecule has 0 spiro atoms. The smallest absolute Gasteiger partial charge is 0.326 e. The third-order valence-electron chi connectivity index (χ3n) is 7.11. The van der Waals surface area contributed by atoms with E-state index in [1.54, 1.807) is 14.0 Å². The first kappa shape index (κ1) is 31.6. The van der Waals surface area contributed by atoms with Crippen LogP contribution in [0.4, 0.5) is 0 Å². The molecule has 0 bridgehead atoms. The van der Waals surface area contributed by atoms with E-state index in [1.165, 1.54) is 4.90 Å². The Kier molecular flexibility index (Phi) is 12.5. The molecule has 0 radical (unpaired) electrons. The van der Waals surface area contributed by atoms with E-state index in [0.29, 0.717) is 25.3 Å². The van der Waals surface area contributed by atoms with E-state index < -0.39 is 30.0 Å². The maximum absolute atomic E-state index is 13.4. The van der Waals surface area contributed by atoms with Crippen LogP contribution in [0.5, 0.6) is 5.75 Å². The molecule has 1 saturated carbocycles. The number of para-hydroxylation sites is 1. The van der Waals surface area contributed by atoms with Gasteiger partial charge in [0.1, 0.15) is 23.9 Å². The predicted molar refractivity (Wildman–Crippen MR) is 149 cm³/mol. The molecule has 38 heavy (non-hydrogen) atoms. The Bertz CT molecular complexity index is 918. The van der Waals surface area contributed by atoms with Gasteiger partial charge in [-0.3, -0.25) is 9.59 Å². The zero-order chi connectivity index (χ0) is 28.4. The molecule has 0 unspecified atom stereocenters. The first-order chi connectivity index (χ1) is 17.9. The van der Waals surface area contributed by atoms with Crippen LogP contribution >= 0.6 is 0 Å². The first-order valence-corrected chi connectivity index (χ1v) is 13.9. The number of carbonyl (C=O) groups is 3. The van der Waals surface area contributed by atoms with Crippen LogP contribution in [0, 0.1) is 11.8 Å². The highest BCUT2D eigenvalue weighted by molar-refractivity contribution is 5.91. The largest absolute Gasteiger partial charge is 0.489 e. The second kappa shape index (κ2) is 15.1. The highest BCUT2D eigenvalue weighted by Gasteiger charge is 2.39. The number of nitrogens with two attached hydrogens (primary N) is 1. The summed E-state index contributed by atoms with van der Waals surface area (Å²) in [7, 11) is 1.60. The van der Waals surface area contributed by atoms with Crippen molar-refractivity contribution in [1.29, 1.82) is 0 Å². The number of carboxylic acid groups (broad SMARTS) is 1. The normalized spacial score (nSPS) is 17.3. The van der Waals surface area contributed by atoms with Crippen molar-refractivity contribution >= 4 is 17.8 Å². The summed E-state index contributed by atoms with van der Waals surface area (Å²) in [6, 6.07) is 5.86. The van der Waals surface area contributed by atoms with Crippen molar-refractivity contribution < 1.29 is 24.2 Å². The highest BCUT2D eigenvalue weighted by atomic mass is 16.5. The Morgan fingerprint density at radius 2 is 1.74 bits per heavy atom. The van der Waals surface area contributed by atoms with Crippen LogP contribution in [0.3, 0.4) is 0 Å². The average molecular weight is 533 g/mol. The van der Waals surface area contributed by atoms with E-state index >= 15 is 0 Å². The van der Waals surface area contributed by atoms with Gasteiger partial charge in [-0.15, -0.1) is 0 Å². The lowest BCUT2D eigenvalue weighted by atomic mass is 10.0. The molecule has 9 nitrogen and oxygen atoms in total. The molecule has 2 amide bonds. The van der Waals surface area contributed by atoms with Crippen molar-refractivity contribution in [2.45, 2.75) is 103 Å². The van der Waals surface area contributed by atoms with Crippen LogP contribution in [0.25, 0.3) is 0 Å². The Morgan fingerprint density at radius 3 is 2.32 bits per heavy atom. The number of ether oxygens (including phenoxy) is 1. The van der Waals surface area contributed by atoms with E-state index in [2.05, 4.69) is 10.6 Å². The van der Waals surface area contributed by atoms with E-state index in [-0.39, 0.29) is 24.0 Å². The number of hydrogen-bond donors (Lipinski definition) is 4. The Labute approximate surface area is 227 Å². The molecule has 2 rings (SSSR count). The van der Waals surface area contributed by atoms with Crippen LogP contribution in [-0.4, -0.2) is 71.7 Å². The number of carboxylic acids is 1. The molecule has 1 aliphatic rings. The van der Waals surface area contributed by atoms with E-state index in [4.69, 9.17) is 10.5 Å². The molecule has 0 aliphatic heterocycles. The van der Waals surface area contributed by atoms with Gasteiger partial charge in [0.05, 0.1) is 6.04 Å². The quantitative estimate of drug-likeness (QED) is 0.242. The molecule has 0 saturated heterocycles. The van der Waals surface area contributed by atoms with Crippen LogP contribution < -0.4 is 21.1 Å². The third kappa shape index (κ3) is 10.3. The number of aryl methyl sites for hydroxylation is 1. The summed E-state index contributed by atoms with van der Waals surface area (Å²) in [5.41, 5.74) is 7.03. The topological polar surface area (TPSA) is 134 Å². The maximum atomic E-state index is 13.4. The highest BCUT2D eigenvalue weighted by Crippen LogP contribution is 2.33. The van der Waals surface area contributed by atoms with Gasteiger partial charge in [0.25, 0.3) is 0 Å². The summed E-state index contributed by atoms with van der Waals surface area (Å²) in [6.45, 7) is 10.1. The standard InChI is InChI=1S/C29H48N4O5/c1-18(2)11-16-24(29(36)37)32-27(34)21(5)33(6)28(35)26(23-14-15-23)31-17-20(4)38-25-10-8-7-9-22(25)13-12-19(3)30/h7-10,18-21,23-24,26,31H,11-17,30H2,1-6H3,(H,32,34)(H,36,37)/t19-,20+,21+,24+,26-/m0/s1. The third-order valence-corrected chi connectivity index (χ3v) is 7.11. The molecule has 0 aromatic heterocycles. The number of rotatable bonds is 17. The molecule has 5 N–H and O–H groups in total. The van der Waals surface area contributed by atoms with Gasteiger partial charge in [-0.25, -0.2) is 4.79 Å². The Morgan fingerprint density at radius 1 is 1.08 bits per heavy atom. The summed E-state index contributed by atoms with van der Waals surface area (Å²) in [6.07, 6.45) is 4.46. The molecule has 9 heteroatoms. The van der Waals surface area contributed by atoms with Gasteiger partial charge in [0.2, 0.25) is 11.8 Å². The van der Waals surface area contributed by atoms with Gasteiger partial charge < -0.3 is 31.1 Å². The van der Waals surface area contributed by atoms with Gasteiger partial charge in [0, 0.05) is 19.6 Å². The number of aliphatic carboxylic acids is 1. The summed E-state index contributed by atoms with van der Waals surface area (Å²) in [4.78, 5) is 39.3. The number of likely N-dealkylation sites (N-methyl/N-ethyl adjacent to an activating group) is 1. The van der Waals surface area contributed by atoms with Crippen molar-refractivity contribution in [3.05, 3.63) is 29.8 Å². The average Bonchev–Trinajstić information content (AvgIpc) is 3.69. The van der Waals surface area contributed by atoms with Gasteiger partial charge >= 0.3 is 5.97 Å². The Hall–Kier alpha value is -2.65. The predicted octanol–water partition coefficient (Wildman–Crippen LogP) is 2.95. The van der Waals surface area contributed by atoms with Crippen molar-refractivity contribution in [3.63, 3.8) is 0 Å². The zero-order valence-corrected chi connectivity index (χ0v) is 23.9. The molecule has 214 valence electrons. The van der Waals surface area contributed by atoms with Crippen molar-refractivity contribution in [1.82, 2.24) is 15.5 Å². The molecule has 1 aromatic carbocycles. The van der Waals surface area contributed by atoms with Crippen molar-refractivity contribution in [2.24, 2.45) is 17.6 Å². The van der Waals surface area contributed by atoms with E-state index in [0.717, 1.165) is 37.0 Å². The molecule has 1 aromatic rings. The Balaban J connectivity index is 1.95. The van der Waals surface area contributed by atoms with Gasteiger partial charge in [-0.05, 0) is 82.8 Å². The fourth-order valence-corrected chi connectivity index (χ4v) is 4.28. The minimum Gasteiger partial charge on any atom is -0.489 e. The van der Waals surface area contributed by atoms with Crippen LogP contribution in [0.1, 0.15) is 72.3 Å². The van der Waals surface area contributed by atoms with Crippen molar-refractivity contribution in [2.75, 3.05) is 13.6 Å². The number of nitrogens with one attached hydrogen (secondary N) is 2. The van der Waals surface area contributed by atoms with Gasteiger partial charge in [-0.1, -0.05) is 32.0 Å². The SMILES string of the molecule is CC(C)CC[C@@H](NC(=O)[C@@H](C)N(C)C(=O)[C@@H](NC[C@@H](C)Oc1ccccc1CC[C@H](C)N)C1CC1)C(=O)O. The summed E-state index contributed by atoms with van der Waals surface area (Å²) in [5.74, 6) is -0.338. The fraction of sp³-hybridized carbons (Fsp3) is 0.690. The minimum absolute atomic E-state index is 0.115. The van der Waals surface area contributed by atoms with Crippen LogP contribution in [0.2, 0.25) is 0 Å². The number of benzene rings is 1. The number of carbonyl (C=O) groups excluding carboxylic acids is 2. The number of nitrogens with zero attached hydrogens (tertiary/aromatic N) is 1. The monoisotopic (exact) mass is 532 g/mol. The zero-order valence-electron chi connectivity index (χ0n) is 23.9. The van der Waals surface area contributed by atoms with Crippen LogP contribution in [0.15, 0.2) is 24.3 Å². The van der Waals surface area contributed by atoms with Gasteiger partial charge in [-0.2, -0.15) is 0 Å². The molecule has 1 fully saturated rings. The number of amides is 2. The second-order valence-corrected chi connectivity index (χ2v) is 11.3. The summed E-state index contributed by atoms with van der Waals surface area (Å²) < 4.78 is 6.21. The van der Waals surface area contributed by atoms with E-state index in [1.807, 2.05) is 52.0 Å². The summed E-state index contributed by atoms with van der Waals surface area (Å²) in [5, 5.41) is 15.5. The molecule has 1 aliphatic carbocycles. The lowest BCUT2D eigenvalue weighted by Crippen LogP contribution is -2.55. The first-order valence-electron chi connectivity index (χ1n) is 13.9. The van der Waals surface area contributed by atoms with Crippen molar-refractivity contribution in [3.8, 4) is 5.75 Å². The molecular formula is C29H48N4O5. The maximum Gasteiger partial charge on any atom is 0.326 e. The summed E-state index contributed by atoms with van der Waals surface area (Å²) >= 11 is 0. The molecule has 0 heterocycles. The second-order valence-electron chi connectivity index (χ2n) is 11.3. The molecular weight excluding hydrogens is 484 g/mol. The fourth-order valence-electron chi connectivity index (χ4n) is 4.28. The lowest BCUT2D eigenvalue weighted by Gasteiger charge is -2.30. The lowest BCUT2D eigenvalue weighted by molar-refractivity contribution is -0.144. The number of hydrogen-bond acceptors (Lipinski definition) is 6. The van der Waals surface area contributed by atoms with Crippen LogP contribution in [-0.2, 0) is 20.8 Å². The molecule has 5 atom stereocenters. The minimum atomic E-state index is -1.06. The van der Waals surface area contributed by atoms with E-state index in [9.17, 15) is 19.5 Å². The van der Waals surface area contributed by atoms with Gasteiger partial charge in [0.15, 0.2) is 0 Å².